The lowest BCUT2D eigenvalue weighted by molar-refractivity contribution is 0.337. The normalized spacial score (nSPS) is 10.3. The lowest BCUT2D eigenvalue weighted by Gasteiger charge is -2.11. The summed E-state index contributed by atoms with van der Waals surface area (Å²) in [7, 11) is 0. The Balaban J connectivity index is 2.05. The number of halogens is 1. The molecule has 1 aromatic heterocycles. The van der Waals surface area contributed by atoms with Crippen molar-refractivity contribution in [3.63, 3.8) is 0 Å². The van der Waals surface area contributed by atoms with Gasteiger partial charge in [-0.3, -0.25) is 0 Å². The van der Waals surface area contributed by atoms with Crippen LogP contribution >= 0.6 is 22.9 Å². The van der Waals surface area contributed by atoms with Crippen LogP contribution in [0.2, 0.25) is 0 Å². The molecule has 0 fully saturated rings. The Morgan fingerprint density at radius 2 is 2.22 bits per heavy atom. The van der Waals surface area contributed by atoms with Crippen LogP contribution in [0.4, 0.5) is 5.69 Å². The van der Waals surface area contributed by atoms with E-state index in [0.717, 1.165) is 23.5 Å². The highest BCUT2D eigenvalue weighted by atomic mass is 35.5. The molecule has 0 aliphatic rings. The predicted octanol–water partition coefficient (Wildman–Crippen LogP) is 4.50. The van der Waals surface area contributed by atoms with Gasteiger partial charge in [0, 0.05) is 22.7 Å². The van der Waals surface area contributed by atoms with Crippen LogP contribution in [0.3, 0.4) is 0 Å². The first-order chi connectivity index (χ1) is 8.83. The number of hydrogen-bond donors (Lipinski definition) is 1. The number of hydrogen-bond acceptors (Lipinski definition) is 3. The fourth-order valence-electron chi connectivity index (χ4n) is 1.69. The Kier molecular flexibility index (Phi) is 4.90. The van der Waals surface area contributed by atoms with Crippen LogP contribution in [0, 0.1) is 0 Å². The van der Waals surface area contributed by atoms with Crippen molar-refractivity contribution in [1.82, 2.24) is 0 Å². The molecule has 18 heavy (non-hydrogen) atoms. The van der Waals surface area contributed by atoms with Gasteiger partial charge in [-0.1, -0.05) is 6.07 Å². The van der Waals surface area contributed by atoms with Gasteiger partial charge in [-0.2, -0.15) is 0 Å². The SMILES string of the molecule is CCOc1ccc(NCc2cccs2)cc1CCl. The molecule has 0 amide bonds. The Hall–Kier alpha value is -1.19. The van der Waals surface area contributed by atoms with E-state index >= 15 is 0 Å². The average molecular weight is 282 g/mol. The van der Waals surface area contributed by atoms with E-state index in [9.17, 15) is 0 Å². The number of benzene rings is 1. The number of rotatable bonds is 6. The molecular weight excluding hydrogens is 266 g/mol. The number of thiophene rings is 1. The summed E-state index contributed by atoms with van der Waals surface area (Å²) in [6.45, 7) is 3.47. The highest BCUT2D eigenvalue weighted by Gasteiger charge is 2.04. The predicted molar refractivity (Wildman–Crippen MR) is 78.8 cm³/mol. The molecule has 0 radical (unpaired) electrons. The lowest BCUT2D eigenvalue weighted by atomic mass is 10.2. The molecule has 0 atom stereocenters. The quantitative estimate of drug-likeness (QED) is 0.787. The fourth-order valence-corrected chi connectivity index (χ4v) is 2.55. The number of anilines is 1. The second kappa shape index (κ2) is 6.66. The van der Waals surface area contributed by atoms with Gasteiger partial charge >= 0.3 is 0 Å². The molecule has 4 heteroatoms. The van der Waals surface area contributed by atoms with Crippen LogP contribution in [-0.4, -0.2) is 6.61 Å². The van der Waals surface area contributed by atoms with Crippen molar-refractivity contribution < 1.29 is 4.74 Å². The molecule has 1 heterocycles. The van der Waals surface area contributed by atoms with E-state index in [-0.39, 0.29) is 0 Å². The van der Waals surface area contributed by atoms with Crippen molar-refractivity contribution in [3.8, 4) is 5.75 Å². The van der Waals surface area contributed by atoms with Gasteiger partial charge in [-0.15, -0.1) is 22.9 Å². The van der Waals surface area contributed by atoms with Gasteiger partial charge in [0.25, 0.3) is 0 Å². The van der Waals surface area contributed by atoms with Gasteiger partial charge in [0.05, 0.1) is 12.5 Å². The molecule has 96 valence electrons. The highest BCUT2D eigenvalue weighted by Crippen LogP contribution is 2.25. The highest BCUT2D eigenvalue weighted by molar-refractivity contribution is 7.09. The summed E-state index contributed by atoms with van der Waals surface area (Å²) in [5.74, 6) is 1.33. The van der Waals surface area contributed by atoms with Gasteiger partial charge in [-0.05, 0) is 36.6 Å². The summed E-state index contributed by atoms with van der Waals surface area (Å²) in [6, 6.07) is 10.2. The zero-order valence-electron chi connectivity index (χ0n) is 10.3. The van der Waals surface area contributed by atoms with Crippen molar-refractivity contribution in [1.29, 1.82) is 0 Å². The zero-order valence-corrected chi connectivity index (χ0v) is 11.9. The molecule has 2 rings (SSSR count). The fraction of sp³-hybridized carbons (Fsp3) is 0.286. The third kappa shape index (κ3) is 3.40. The third-order valence-corrected chi connectivity index (χ3v) is 3.72. The second-order valence-corrected chi connectivity index (χ2v) is 5.12. The van der Waals surface area contributed by atoms with Gasteiger partial charge in [0.1, 0.15) is 5.75 Å². The molecule has 2 nitrogen and oxygen atoms in total. The Morgan fingerprint density at radius 3 is 2.89 bits per heavy atom. The minimum atomic E-state index is 0.462. The molecule has 0 spiro atoms. The summed E-state index contributed by atoms with van der Waals surface area (Å²) in [4.78, 5) is 1.32. The average Bonchev–Trinajstić information content (AvgIpc) is 2.91. The minimum absolute atomic E-state index is 0.462. The van der Waals surface area contributed by atoms with Crippen LogP contribution < -0.4 is 10.1 Å². The van der Waals surface area contributed by atoms with Gasteiger partial charge in [0.2, 0.25) is 0 Å². The van der Waals surface area contributed by atoms with Crippen LogP contribution in [0.5, 0.6) is 5.75 Å². The molecule has 0 aliphatic carbocycles. The smallest absolute Gasteiger partial charge is 0.123 e. The molecular formula is C14H16ClNOS. The Morgan fingerprint density at radius 1 is 1.33 bits per heavy atom. The van der Waals surface area contributed by atoms with Crippen molar-refractivity contribution in [3.05, 3.63) is 46.2 Å². The van der Waals surface area contributed by atoms with Crippen LogP contribution in [0.15, 0.2) is 35.7 Å². The van der Waals surface area contributed by atoms with Gasteiger partial charge in [-0.25, -0.2) is 0 Å². The first-order valence-corrected chi connectivity index (χ1v) is 7.33. The van der Waals surface area contributed by atoms with Crippen molar-refractivity contribution >= 4 is 28.6 Å². The summed E-state index contributed by atoms with van der Waals surface area (Å²) >= 11 is 7.68. The van der Waals surface area contributed by atoms with E-state index in [0.29, 0.717) is 12.5 Å². The molecule has 1 aromatic carbocycles. The zero-order chi connectivity index (χ0) is 12.8. The largest absolute Gasteiger partial charge is 0.494 e. The Bertz CT molecular complexity index is 485. The number of alkyl halides is 1. The molecule has 2 aromatic rings. The molecule has 0 saturated heterocycles. The summed E-state index contributed by atoms with van der Waals surface area (Å²) < 4.78 is 5.52. The maximum Gasteiger partial charge on any atom is 0.123 e. The van der Waals surface area contributed by atoms with Gasteiger partial charge < -0.3 is 10.1 Å². The Labute approximate surface area is 117 Å². The van der Waals surface area contributed by atoms with E-state index in [4.69, 9.17) is 16.3 Å². The number of ether oxygens (including phenoxy) is 1. The van der Waals surface area contributed by atoms with Gasteiger partial charge in [0.15, 0.2) is 0 Å². The van der Waals surface area contributed by atoms with E-state index in [1.165, 1.54) is 4.88 Å². The molecule has 0 bridgehead atoms. The molecule has 0 aliphatic heterocycles. The maximum atomic E-state index is 5.93. The lowest BCUT2D eigenvalue weighted by Crippen LogP contribution is -2.00. The first-order valence-electron chi connectivity index (χ1n) is 5.91. The number of nitrogens with one attached hydrogen (secondary N) is 1. The topological polar surface area (TPSA) is 21.3 Å². The molecule has 0 unspecified atom stereocenters. The van der Waals surface area contributed by atoms with Crippen LogP contribution in [0.1, 0.15) is 17.4 Å². The van der Waals surface area contributed by atoms with E-state index in [1.54, 1.807) is 11.3 Å². The van der Waals surface area contributed by atoms with Crippen LogP contribution in [0.25, 0.3) is 0 Å². The van der Waals surface area contributed by atoms with Crippen LogP contribution in [-0.2, 0) is 12.4 Å². The van der Waals surface area contributed by atoms with E-state index in [2.05, 4.69) is 22.8 Å². The van der Waals surface area contributed by atoms with Crippen molar-refractivity contribution in [2.24, 2.45) is 0 Å². The van der Waals surface area contributed by atoms with E-state index in [1.807, 2.05) is 25.1 Å². The van der Waals surface area contributed by atoms with Crippen molar-refractivity contribution in [2.75, 3.05) is 11.9 Å². The monoisotopic (exact) mass is 281 g/mol. The maximum absolute atomic E-state index is 5.93. The molecule has 1 N–H and O–H groups in total. The second-order valence-electron chi connectivity index (χ2n) is 3.82. The molecule has 0 saturated carbocycles. The van der Waals surface area contributed by atoms with Crippen molar-refractivity contribution in [2.45, 2.75) is 19.3 Å². The van der Waals surface area contributed by atoms with E-state index < -0.39 is 0 Å². The third-order valence-electron chi connectivity index (χ3n) is 2.55. The summed E-state index contributed by atoms with van der Waals surface area (Å²) in [5, 5.41) is 5.47. The summed E-state index contributed by atoms with van der Waals surface area (Å²) in [6.07, 6.45) is 0. The summed E-state index contributed by atoms with van der Waals surface area (Å²) in [5.41, 5.74) is 2.09. The minimum Gasteiger partial charge on any atom is -0.494 e. The standard InChI is InChI=1S/C14H16ClNOS/c1-2-17-14-6-5-12(8-11(14)9-15)16-10-13-4-3-7-18-13/h3-8,16H,2,9-10H2,1H3. The first kappa shape index (κ1) is 13.2.